The zero-order chi connectivity index (χ0) is 18.0. The average molecular weight is 350 g/mol. The second kappa shape index (κ2) is 7.25. The van der Waals surface area contributed by atoms with Gasteiger partial charge >= 0.3 is 5.97 Å². The molecule has 1 saturated heterocycles. The van der Waals surface area contributed by atoms with Gasteiger partial charge in [0.05, 0.1) is 11.5 Å². The Morgan fingerprint density at radius 3 is 2.54 bits per heavy atom. The maximum Gasteiger partial charge on any atom is 0.329 e. The van der Waals surface area contributed by atoms with Crippen LogP contribution in [0.4, 0.5) is 4.79 Å². The fourth-order valence-corrected chi connectivity index (χ4v) is 3.49. The third-order valence-corrected chi connectivity index (χ3v) is 4.65. The molecular formula is C17H22N2O4S. The molecule has 1 atom stereocenters. The van der Waals surface area contributed by atoms with E-state index in [0.29, 0.717) is 10.9 Å². The summed E-state index contributed by atoms with van der Waals surface area (Å²) in [6.07, 6.45) is 3.64. The van der Waals surface area contributed by atoms with Crippen LogP contribution in [0.3, 0.4) is 0 Å². The Bertz CT molecular complexity index is 705. The van der Waals surface area contributed by atoms with Crippen molar-refractivity contribution in [2.45, 2.75) is 46.7 Å². The van der Waals surface area contributed by atoms with Crippen LogP contribution < -0.4 is 0 Å². The molecule has 130 valence electrons. The molecule has 1 aromatic rings. The largest absolute Gasteiger partial charge is 0.464 e. The lowest BCUT2D eigenvalue weighted by molar-refractivity contribution is -0.150. The van der Waals surface area contributed by atoms with E-state index >= 15 is 0 Å². The molecule has 0 N–H and O–H groups in total. The predicted octanol–water partition coefficient (Wildman–Crippen LogP) is 3.37. The van der Waals surface area contributed by atoms with Crippen molar-refractivity contribution in [3.05, 3.63) is 28.4 Å². The van der Waals surface area contributed by atoms with Gasteiger partial charge in [0.2, 0.25) is 0 Å². The minimum Gasteiger partial charge on any atom is -0.464 e. The number of carbonyl (C=O) groups is 3. The molecule has 2 rings (SSSR count). The van der Waals surface area contributed by atoms with Gasteiger partial charge in [-0.15, -0.1) is 0 Å². The van der Waals surface area contributed by atoms with Crippen LogP contribution in [0.2, 0.25) is 0 Å². The smallest absolute Gasteiger partial charge is 0.329 e. The Labute approximate surface area is 145 Å². The number of esters is 1. The molecule has 0 aliphatic carbocycles. The molecule has 2 heterocycles. The molecule has 7 heteroatoms. The van der Waals surface area contributed by atoms with E-state index < -0.39 is 23.2 Å². The number of hydrogen-bond acceptors (Lipinski definition) is 5. The SMILES string of the molecule is CCOC(=O)C(C)N1C(=O)S/C(=C\c2cc(C)n(C(C)C)c2)C1=O. The van der Waals surface area contributed by atoms with E-state index in [4.69, 9.17) is 4.74 Å². The lowest BCUT2D eigenvalue weighted by Crippen LogP contribution is -2.42. The molecule has 0 saturated carbocycles. The van der Waals surface area contributed by atoms with Crippen molar-refractivity contribution >= 4 is 35.0 Å². The first-order valence-electron chi connectivity index (χ1n) is 7.88. The Balaban J connectivity index is 2.25. The van der Waals surface area contributed by atoms with Crippen molar-refractivity contribution in [2.75, 3.05) is 6.61 Å². The lowest BCUT2D eigenvalue weighted by Gasteiger charge is -2.19. The van der Waals surface area contributed by atoms with E-state index in [1.807, 2.05) is 19.2 Å². The standard InChI is InChI=1S/C17H22N2O4S/c1-6-23-16(21)12(5)19-15(20)14(24-17(19)22)8-13-7-11(4)18(9-13)10(2)3/h7-10,12H,6H2,1-5H3/b14-8-. The highest BCUT2D eigenvalue weighted by molar-refractivity contribution is 8.18. The number of carbonyl (C=O) groups excluding carboxylic acids is 3. The number of amides is 2. The van der Waals surface area contributed by atoms with Gasteiger partial charge in [0, 0.05) is 17.9 Å². The van der Waals surface area contributed by atoms with Crippen molar-refractivity contribution in [1.82, 2.24) is 9.47 Å². The summed E-state index contributed by atoms with van der Waals surface area (Å²) >= 11 is 0.845. The normalized spacial score (nSPS) is 17.9. The quantitative estimate of drug-likeness (QED) is 0.601. The van der Waals surface area contributed by atoms with Crippen molar-refractivity contribution in [3.63, 3.8) is 0 Å². The summed E-state index contributed by atoms with van der Waals surface area (Å²) < 4.78 is 6.99. The van der Waals surface area contributed by atoms with Crippen molar-refractivity contribution in [1.29, 1.82) is 0 Å². The van der Waals surface area contributed by atoms with Gasteiger partial charge in [-0.1, -0.05) is 0 Å². The Morgan fingerprint density at radius 2 is 2.00 bits per heavy atom. The monoisotopic (exact) mass is 350 g/mol. The first-order valence-corrected chi connectivity index (χ1v) is 8.70. The predicted molar refractivity (Wildman–Crippen MR) is 93.5 cm³/mol. The van der Waals surface area contributed by atoms with Crippen LogP contribution in [0.5, 0.6) is 0 Å². The molecule has 1 aromatic heterocycles. The van der Waals surface area contributed by atoms with E-state index in [2.05, 4.69) is 18.4 Å². The summed E-state index contributed by atoms with van der Waals surface area (Å²) in [5.41, 5.74) is 1.94. The summed E-state index contributed by atoms with van der Waals surface area (Å²) in [5.74, 6) is -1.04. The van der Waals surface area contributed by atoms with Gasteiger partial charge in [0.1, 0.15) is 6.04 Å². The van der Waals surface area contributed by atoms with Crippen LogP contribution >= 0.6 is 11.8 Å². The molecule has 1 fully saturated rings. The first-order chi connectivity index (χ1) is 11.3. The maximum atomic E-state index is 12.5. The van der Waals surface area contributed by atoms with Crippen LogP contribution in [-0.4, -0.2) is 39.2 Å². The summed E-state index contributed by atoms with van der Waals surface area (Å²) in [4.78, 5) is 37.7. The fraction of sp³-hybridized carbons (Fsp3) is 0.471. The molecule has 0 bridgehead atoms. The zero-order valence-electron chi connectivity index (χ0n) is 14.5. The molecule has 1 aliphatic heterocycles. The lowest BCUT2D eigenvalue weighted by atomic mass is 10.2. The number of rotatable bonds is 5. The maximum absolute atomic E-state index is 12.5. The van der Waals surface area contributed by atoms with Gasteiger partial charge in [-0.2, -0.15) is 0 Å². The third-order valence-electron chi connectivity index (χ3n) is 3.76. The summed E-state index contributed by atoms with van der Waals surface area (Å²) in [7, 11) is 0. The molecule has 0 aromatic carbocycles. The molecule has 1 unspecified atom stereocenters. The number of hydrogen-bond donors (Lipinski definition) is 0. The number of imide groups is 1. The highest BCUT2D eigenvalue weighted by Gasteiger charge is 2.41. The van der Waals surface area contributed by atoms with E-state index in [0.717, 1.165) is 27.9 Å². The average Bonchev–Trinajstić information content (AvgIpc) is 2.99. The highest BCUT2D eigenvalue weighted by atomic mass is 32.2. The van der Waals surface area contributed by atoms with Crippen LogP contribution in [0, 0.1) is 6.92 Å². The van der Waals surface area contributed by atoms with Gasteiger partial charge in [-0.3, -0.25) is 14.5 Å². The molecule has 0 spiro atoms. The van der Waals surface area contributed by atoms with Crippen LogP contribution in [-0.2, 0) is 14.3 Å². The molecule has 6 nitrogen and oxygen atoms in total. The number of thioether (sulfide) groups is 1. The molecule has 0 radical (unpaired) electrons. The first kappa shape index (κ1) is 18.3. The van der Waals surface area contributed by atoms with E-state index in [-0.39, 0.29) is 6.61 Å². The fourth-order valence-electron chi connectivity index (χ4n) is 2.58. The van der Waals surface area contributed by atoms with Gasteiger partial charge < -0.3 is 9.30 Å². The molecule has 24 heavy (non-hydrogen) atoms. The Kier molecular flexibility index (Phi) is 5.54. The second-order valence-corrected chi connectivity index (χ2v) is 6.89. The van der Waals surface area contributed by atoms with Crippen molar-refractivity contribution in [2.24, 2.45) is 0 Å². The topological polar surface area (TPSA) is 68.6 Å². The Hall–Kier alpha value is -2.02. The summed E-state index contributed by atoms with van der Waals surface area (Å²) in [5, 5.41) is -0.452. The molecule has 2 amide bonds. The third kappa shape index (κ3) is 3.56. The van der Waals surface area contributed by atoms with E-state index in [9.17, 15) is 14.4 Å². The summed E-state index contributed by atoms with van der Waals surface area (Å²) in [6, 6.07) is 1.35. The van der Waals surface area contributed by atoms with Gasteiger partial charge in [0.15, 0.2) is 0 Å². The number of ether oxygens (including phenoxy) is 1. The van der Waals surface area contributed by atoms with Gasteiger partial charge in [-0.25, -0.2) is 4.79 Å². The second-order valence-electron chi connectivity index (χ2n) is 5.90. The zero-order valence-corrected chi connectivity index (χ0v) is 15.3. The summed E-state index contributed by atoms with van der Waals surface area (Å²) in [6.45, 7) is 9.53. The highest BCUT2D eigenvalue weighted by Crippen LogP contribution is 2.34. The van der Waals surface area contributed by atoms with Gasteiger partial charge in [0.25, 0.3) is 11.1 Å². The molecule has 1 aliphatic rings. The number of aryl methyl sites for hydroxylation is 1. The minimum atomic E-state index is -0.926. The minimum absolute atomic E-state index is 0.206. The van der Waals surface area contributed by atoms with Crippen LogP contribution in [0.25, 0.3) is 6.08 Å². The van der Waals surface area contributed by atoms with E-state index in [1.54, 1.807) is 13.0 Å². The number of nitrogens with zero attached hydrogens (tertiary/aromatic N) is 2. The van der Waals surface area contributed by atoms with Crippen LogP contribution in [0.1, 0.15) is 45.0 Å². The Morgan fingerprint density at radius 1 is 1.33 bits per heavy atom. The van der Waals surface area contributed by atoms with Crippen molar-refractivity contribution < 1.29 is 19.1 Å². The molecular weight excluding hydrogens is 328 g/mol. The van der Waals surface area contributed by atoms with Crippen molar-refractivity contribution in [3.8, 4) is 0 Å². The number of aromatic nitrogens is 1. The van der Waals surface area contributed by atoms with Crippen LogP contribution in [0.15, 0.2) is 17.2 Å². The van der Waals surface area contributed by atoms with Gasteiger partial charge in [-0.05, 0) is 64.1 Å². The van der Waals surface area contributed by atoms with E-state index in [1.165, 1.54) is 6.92 Å².